The standard InChI is InChI=1S/C15H22N2O/c1-11-9-12-7-5-6-8-13(12)17(10-11)14(18)15(2,3)16-4/h5-8,11,16H,9-10H2,1-4H3. The second-order valence-corrected chi connectivity index (χ2v) is 5.73. The molecule has 3 heteroatoms. The topological polar surface area (TPSA) is 32.3 Å². The van der Waals surface area contributed by atoms with Gasteiger partial charge in [-0.15, -0.1) is 0 Å². The van der Waals surface area contributed by atoms with Gasteiger partial charge < -0.3 is 10.2 Å². The first-order valence-corrected chi connectivity index (χ1v) is 6.54. The summed E-state index contributed by atoms with van der Waals surface area (Å²) < 4.78 is 0. The summed E-state index contributed by atoms with van der Waals surface area (Å²) in [4.78, 5) is 14.6. The quantitative estimate of drug-likeness (QED) is 0.867. The number of likely N-dealkylation sites (N-methyl/N-ethyl adjacent to an activating group) is 1. The Labute approximate surface area is 109 Å². The Morgan fingerprint density at radius 2 is 2.06 bits per heavy atom. The van der Waals surface area contributed by atoms with Crippen LogP contribution in [0.4, 0.5) is 5.69 Å². The highest BCUT2D eigenvalue weighted by molar-refractivity contribution is 6.00. The van der Waals surface area contributed by atoms with Crippen LogP contribution in [0.5, 0.6) is 0 Å². The van der Waals surface area contributed by atoms with Crippen LogP contribution in [0.25, 0.3) is 0 Å². The van der Waals surface area contributed by atoms with Gasteiger partial charge in [0.15, 0.2) is 0 Å². The van der Waals surface area contributed by atoms with Crippen molar-refractivity contribution >= 4 is 11.6 Å². The number of nitrogens with zero attached hydrogens (tertiary/aromatic N) is 1. The minimum Gasteiger partial charge on any atom is -0.310 e. The molecule has 0 saturated carbocycles. The summed E-state index contributed by atoms with van der Waals surface area (Å²) in [5, 5.41) is 3.09. The number of amides is 1. The first kappa shape index (κ1) is 13.1. The number of anilines is 1. The predicted octanol–water partition coefficient (Wildman–Crippen LogP) is 2.21. The largest absolute Gasteiger partial charge is 0.310 e. The number of rotatable bonds is 2. The van der Waals surface area contributed by atoms with E-state index in [2.05, 4.69) is 18.3 Å². The van der Waals surface area contributed by atoms with E-state index < -0.39 is 5.54 Å². The molecule has 1 atom stereocenters. The number of fused-ring (bicyclic) bond motifs is 1. The smallest absolute Gasteiger partial charge is 0.246 e. The Morgan fingerprint density at radius 1 is 1.39 bits per heavy atom. The van der Waals surface area contributed by atoms with Crippen LogP contribution >= 0.6 is 0 Å². The lowest BCUT2D eigenvalue weighted by Crippen LogP contribution is -2.55. The van der Waals surface area contributed by atoms with Gasteiger partial charge in [0.25, 0.3) is 0 Å². The van der Waals surface area contributed by atoms with Gasteiger partial charge in [-0.3, -0.25) is 4.79 Å². The maximum absolute atomic E-state index is 12.6. The van der Waals surface area contributed by atoms with E-state index >= 15 is 0 Å². The third-order valence-corrected chi connectivity index (χ3v) is 3.75. The van der Waals surface area contributed by atoms with Crippen LogP contribution in [0.1, 0.15) is 26.3 Å². The number of nitrogens with one attached hydrogen (secondary N) is 1. The molecule has 0 aliphatic carbocycles. The number of benzene rings is 1. The SMILES string of the molecule is CNC(C)(C)C(=O)N1CC(C)Cc2ccccc21. The molecule has 18 heavy (non-hydrogen) atoms. The Hall–Kier alpha value is -1.35. The molecular formula is C15H22N2O. The zero-order valence-electron chi connectivity index (χ0n) is 11.7. The average molecular weight is 246 g/mol. The minimum absolute atomic E-state index is 0.143. The molecule has 0 radical (unpaired) electrons. The van der Waals surface area contributed by atoms with Crippen LogP contribution in [0, 0.1) is 5.92 Å². The van der Waals surface area contributed by atoms with Gasteiger partial charge in [0.05, 0.1) is 5.54 Å². The summed E-state index contributed by atoms with van der Waals surface area (Å²) in [6, 6.07) is 8.21. The van der Waals surface area contributed by atoms with Crippen molar-refractivity contribution in [3.05, 3.63) is 29.8 Å². The van der Waals surface area contributed by atoms with E-state index in [0.717, 1.165) is 18.7 Å². The van der Waals surface area contributed by atoms with Gasteiger partial charge in [0.1, 0.15) is 0 Å². The molecule has 0 bridgehead atoms. The van der Waals surface area contributed by atoms with Gasteiger partial charge in [-0.25, -0.2) is 0 Å². The average Bonchev–Trinajstić information content (AvgIpc) is 2.36. The zero-order chi connectivity index (χ0) is 13.3. The van der Waals surface area contributed by atoms with Gasteiger partial charge in [0.2, 0.25) is 5.91 Å². The third kappa shape index (κ3) is 2.27. The number of carbonyl (C=O) groups excluding carboxylic acids is 1. The molecule has 1 aromatic carbocycles. The third-order valence-electron chi connectivity index (χ3n) is 3.75. The van der Waals surface area contributed by atoms with Crippen molar-refractivity contribution in [1.82, 2.24) is 5.32 Å². The molecule has 0 aromatic heterocycles. The molecule has 1 N–H and O–H groups in total. The molecule has 1 aliphatic heterocycles. The summed E-state index contributed by atoms with van der Waals surface area (Å²) in [6.07, 6.45) is 1.06. The highest BCUT2D eigenvalue weighted by Crippen LogP contribution is 2.30. The molecule has 3 nitrogen and oxygen atoms in total. The van der Waals surface area contributed by atoms with Gasteiger partial charge >= 0.3 is 0 Å². The van der Waals surface area contributed by atoms with Gasteiger partial charge in [-0.05, 0) is 44.9 Å². The Balaban J connectivity index is 2.37. The Kier molecular flexibility index (Phi) is 3.44. The number of para-hydroxylation sites is 1. The molecular weight excluding hydrogens is 224 g/mol. The fraction of sp³-hybridized carbons (Fsp3) is 0.533. The van der Waals surface area contributed by atoms with Crippen molar-refractivity contribution in [3.63, 3.8) is 0 Å². The molecule has 1 aliphatic rings. The van der Waals surface area contributed by atoms with Gasteiger partial charge in [-0.1, -0.05) is 25.1 Å². The Morgan fingerprint density at radius 3 is 2.72 bits per heavy atom. The summed E-state index contributed by atoms with van der Waals surface area (Å²) in [5.74, 6) is 0.653. The van der Waals surface area contributed by atoms with Gasteiger partial charge in [0, 0.05) is 12.2 Å². The highest BCUT2D eigenvalue weighted by Gasteiger charge is 2.34. The predicted molar refractivity (Wildman–Crippen MR) is 74.8 cm³/mol. The summed E-state index contributed by atoms with van der Waals surface area (Å²) in [6.45, 7) is 6.86. The molecule has 1 aromatic rings. The van der Waals surface area contributed by atoms with E-state index in [1.165, 1.54) is 5.56 Å². The van der Waals surface area contributed by atoms with E-state index in [-0.39, 0.29) is 5.91 Å². The van der Waals surface area contributed by atoms with Crippen molar-refractivity contribution in [2.75, 3.05) is 18.5 Å². The van der Waals surface area contributed by atoms with E-state index in [1.54, 1.807) is 0 Å². The normalized spacial score (nSPS) is 19.6. The van der Waals surface area contributed by atoms with Crippen LogP contribution < -0.4 is 10.2 Å². The monoisotopic (exact) mass is 246 g/mol. The lowest BCUT2D eigenvalue weighted by Gasteiger charge is -2.37. The molecule has 0 fully saturated rings. The summed E-state index contributed by atoms with van der Waals surface area (Å²) in [5.41, 5.74) is 1.82. The highest BCUT2D eigenvalue weighted by atomic mass is 16.2. The number of hydrogen-bond acceptors (Lipinski definition) is 2. The van der Waals surface area contributed by atoms with Crippen LogP contribution in [-0.4, -0.2) is 25.0 Å². The van der Waals surface area contributed by atoms with Crippen molar-refractivity contribution in [2.24, 2.45) is 5.92 Å². The molecule has 2 rings (SSSR count). The molecule has 0 spiro atoms. The maximum Gasteiger partial charge on any atom is 0.246 e. The molecule has 1 amide bonds. The van der Waals surface area contributed by atoms with Crippen LogP contribution in [-0.2, 0) is 11.2 Å². The molecule has 98 valence electrons. The van der Waals surface area contributed by atoms with Crippen molar-refractivity contribution in [2.45, 2.75) is 32.7 Å². The Bertz CT molecular complexity index is 454. The zero-order valence-corrected chi connectivity index (χ0v) is 11.7. The first-order valence-electron chi connectivity index (χ1n) is 6.54. The van der Waals surface area contributed by atoms with Crippen LogP contribution in [0.2, 0.25) is 0 Å². The number of hydrogen-bond donors (Lipinski definition) is 1. The summed E-state index contributed by atoms with van der Waals surface area (Å²) >= 11 is 0. The summed E-state index contributed by atoms with van der Waals surface area (Å²) in [7, 11) is 1.83. The molecule has 0 saturated heterocycles. The fourth-order valence-electron chi connectivity index (χ4n) is 2.43. The van der Waals surface area contributed by atoms with Gasteiger partial charge in [-0.2, -0.15) is 0 Å². The van der Waals surface area contributed by atoms with Crippen LogP contribution in [0.3, 0.4) is 0 Å². The second-order valence-electron chi connectivity index (χ2n) is 5.73. The van der Waals surface area contributed by atoms with Crippen molar-refractivity contribution in [3.8, 4) is 0 Å². The van der Waals surface area contributed by atoms with E-state index in [9.17, 15) is 4.79 Å². The lowest BCUT2D eigenvalue weighted by atomic mass is 9.92. The van der Waals surface area contributed by atoms with Crippen LogP contribution in [0.15, 0.2) is 24.3 Å². The van der Waals surface area contributed by atoms with E-state index in [0.29, 0.717) is 5.92 Å². The molecule has 1 heterocycles. The minimum atomic E-state index is -0.524. The van der Waals surface area contributed by atoms with E-state index in [4.69, 9.17) is 0 Å². The fourth-order valence-corrected chi connectivity index (χ4v) is 2.43. The van der Waals surface area contributed by atoms with Crippen molar-refractivity contribution in [1.29, 1.82) is 0 Å². The maximum atomic E-state index is 12.6. The van der Waals surface area contributed by atoms with E-state index in [1.807, 2.05) is 44.0 Å². The second kappa shape index (κ2) is 4.73. The first-order chi connectivity index (χ1) is 8.45. The number of carbonyl (C=O) groups is 1. The molecule has 1 unspecified atom stereocenters. The van der Waals surface area contributed by atoms with Crippen molar-refractivity contribution < 1.29 is 4.79 Å². The lowest BCUT2D eigenvalue weighted by molar-refractivity contribution is -0.123.